The Morgan fingerprint density at radius 2 is 0.600 bits per heavy atom. The average molecular weight is 354 g/mol. The molecule has 0 aliphatic heterocycles. The van der Waals surface area contributed by atoms with E-state index in [4.69, 9.17) is 18.9 Å². The predicted octanol–water partition coefficient (Wildman–Crippen LogP) is 1.76. The molecule has 4 radical (unpaired) electrons. The molecule has 0 heterocycles. The third-order valence-corrected chi connectivity index (χ3v) is 1.11. The van der Waals surface area contributed by atoms with Crippen molar-refractivity contribution < 1.29 is 53.0 Å². The molecule has 0 fully saturated rings. The molecule has 0 saturated heterocycles. The van der Waals surface area contributed by atoms with E-state index in [0.29, 0.717) is 0 Å². The molecule has 20 heavy (non-hydrogen) atoms. The van der Waals surface area contributed by atoms with Crippen molar-refractivity contribution in [1.29, 1.82) is 0 Å². The summed E-state index contributed by atoms with van der Waals surface area (Å²) in [5, 5.41) is 0. The van der Waals surface area contributed by atoms with Gasteiger partial charge in [0.2, 0.25) is 0 Å². The predicted molar refractivity (Wildman–Crippen MR) is 64.4 cm³/mol. The second-order valence-electron chi connectivity index (χ2n) is 1.92. The molecule has 2 aliphatic carbocycles. The number of hydrogen-bond acceptors (Lipinski definition) is 2. The van der Waals surface area contributed by atoms with Gasteiger partial charge in [-0.15, -0.1) is 0 Å². The summed E-state index contributed by atoms with van der Waals surface area (Å²) in [5.74, 6) is 0. The molecule has 4 nitrogen and oxygen atoms in total. The molecule has 0 N–H and O–H groups in total. The summed E-state index contributed by atoms with van der Waals surface area (Å²) in [7, 11) is 0. The summed E-state index contributed by atoms with van der Waals surface area (Å²) in [5.41, 5.74) is 0. The minimum Gasteiger partial charge on any atom is -0.573 e. The van der Waals surface area contributed by atoms with Crippen LogP contribution in [-0.4, -0.2) is 13.6 Å². The molecule has 2 rings (SSSR count). The van der Waals surface area contributed by atoms with Crippen LogP contribution in [0, 0.1) is 26.1 Å². The molecule has 0 aromatic heterocycles. The van der Waals surface area contributed by atoms with E-state index in [1.54, 1.807) is 0 Å². The summed E-state index contributed by atoms with van der Waals surface area (Å²) < 4.78 is 15.0. The normalized spacial score (nSPS) is 9.40. The Kier molecular flexibility index (Phi) is 118. The van der Waals surface area contributed by atoms with Crippen molar-refractivity contribution in [3.63, 3.8) is 0 Å². The topological polar surface area (TPSA) is 73.9 Å². The average Bonchev–Trinajstić information content (AvgIpc) is 3.25. The largest absolute Gasteiger partial charge is 0.573 e. The van der Waals surface area contributed by atoms with Gasteiger partial charge in [-0.25, -0.2) is 0 Å². The molecule has 0 spiro atoms. The van der Waals surface area contributed by atoms with E-state index in [0.717, 1.165) is 0 Å². The molecule has 2 aliphatic rings. The molecule has 6 heteroatoms. The molecule has 108 valence electrons. The Balaban J connectivity index is -0.0000000311. The third-order valence-electron chi connectivity index (χ3n) is 1.11. The van der Waals surface area contributed by atoms with Gasteiger partial charge in [0.25, 0.3) is 0 Å². The van der Waals surface area contributed by atoms with E-state index in [1.807, 2.05) is 61.4 Å². The van der Waals surface area contributed by atoms with E-state index < -0.39 is 0 Å². The first-order chi connectivity index (χ1) is 9.00. The monoisotopic (exact) mass is 354 g/mol. The van der Waals surface area contributed by atoms with Crippen LogP contribution in [0.15, 0.2) is 48.6 Å². The Labute approximate surface area is 141 Å². The van der Waals surface area contributed by atoms with Gasteiger partial charge in [-0.05, 0) is 0 Å². The molecule has 0 aromatic rings. The maximum Gasteiger partial charge on any atom is 0.00506 e. The van der Waals surface area contributed by atoms with Crippen molar-refractivity contribution in [2.24, 2.45) is 0 Å². The third kappa shape index (κ3) is 54.1. The minimum absolute atomic E-state index is 0. The molecule has 0 atom stereocenters. The smallest absolute Gasteiger partial charge is 0.00506 e. The Bertz CT molecular complexity index is 242. The molecule has 0 amide bonds. The number of allylic oxidation sites excluding steroid dienone is 8. The van der Waals surface area contributed by atoms with Crippen molar-refractivity contribution >= 4 is 13.6 Å². The van der Waals surface area contributed by atoms with Gasteiger partial charge in [0.15, 0.2) is 0 Å². The van der Waals surface area contributed by atoms with Crippen LogP contribution in [0.5, 0.6) is 0 Å². The summed E-state index contributed by atoms with van der Waals surface area (Å²) in [4.78, 5) is 15.0. The number of carbonyl (C=O) groups excluding carboxylic acids is 2. The van der Waals surface area contributed by atoms with Crippen LogP contribution in [0.4, 0.5) is 0 Å². The molecule has 0 unspecified atom stereocenters. The van der Waals surface area contributed by atoms with E-state index in [-0.39, 0.29) is 34.1 Å². The number of rotatable bonds is 0. The Hall–Kier alpha value is -1.18. The maximum atomic E-state index is 7.50. The van der Waals surface area contributed by atoms with Crippen LogP contribution >= 0.6 is 0 Å². The van der Waals surface area contributed by atoms with Gasteiger partial charge in [0.1, 0.15) is 0 Å². The van der Waals surface area contributed by atoms with Crippen molar-refractivity contribution in [1.82, 2.24) is 0 Å². The van der Waals surface area contributed by atoms with Crippen molar-refractivity contribution in [2.75, 3.05) is 0 Å². The van der Waals surface area contributed by atoms with E-state index in [9.17, 15) is 0 Å². The fraction of sp³-hybridized carbons (Fsp3) is 0. The van der Waals surface area contributed by atoms with Gasteiger partial charge in [0.05, 0.1) is 0 Å². The summed E-state index contributed by atoms with van der Waals surface area (Å²) in [6.45, 7) is 18.0. The fourth-order valence-corrected chi connectivity index (χ4v) is 0.642. The summed E-state index contributed by atoms with van der Waals surface area (Å²) >= 11 is 0. The Morgan fingerprint density at radius 1 is 0.450 bits per heavy atom. The van der Waals surface area contributed by atoms with Crippen LogP contribution in [0.25, 0.3) is 0 Å². The van der Waals surface area contributed by atoms with Crippen LogP contribution in [0.3, 0.4) is 0 Å². The molecular weight excluding hydrogens is 344 g/mol. The maximum absolute atomic E-state index is 7.50. The molecule has 0 aromatic carbocycles. The SMILES string of the molecule is [C-]#[O+].[C-]#[O+].[C-]=O.[C-]=O.[CH]1C=CC=C1.[CH]1C=CC=C1.[Fe].[Fe]. The summed E-state index contributed by atoms with van der Waals surface area (Å²) in [6.07, 6.45) is 20.0. The molecular formula is C14H10Fe2O4-2. The molecule has 0 bridgehead atoms. The van der Waals surface area contributed by atoms with Gasteiger partial charge in [-0.3, -0.25) is 0 Å². The fourth-order valence-electron chi connectivity index (χ4n) is 0.642. The second kappa shape index (κ2) is 64.8. The standard InChI is InChI=1S/2C5H5.4CO.2Fe/c2*1-2-4-5-3-1;4*1-2;;/h2*1-5H;;;;;;/q;;;;2*-1;;. The van der Waals surface area contributed by atoms with Crippen LogP contribution in [0.1, 0.15) is 0 Å². The Morgan fingerprint density at radius 3 is 0.650 bits per heavy atom. The summed E-state index contributed by atoms with van der Waals surface area (Å²) in [6, 6.07) is 0. The van der Waals surface area contributed by atoms with Gasteiger partial charge >= 0.3 is 22.6 Å². The first-order valence-electron chi connectivity index (χ1n) is 4.15. The van der Waals surface area contributed by atoms with Gasteiger partial charge < -0.3 is 23.2 Å². The van der Waals surface area contributed by atoms with Crippen molar-refractivity contribution in [3.8, 4) is 0 Å². The first kappa shape index (κ1) is 36.4. The number of hydrogen-bond donors (Lipinski definition) is 0. The van der Waals surface area contributed by atoms with Crippen LogP contribution < -0.4 is 0 Å². The quantitative estimate of drug-likeness (QED) is 0.378. The van der Waals surface area contributed by atoms with Gasteiger partial charge in [-0.2, -0.15) is 0 Å². The van der Waals surface area contributed by atoms with E-state index in [1.165, 1.54) is 0 Å². The molecule has 0 saturated carbocycles. The van der Waals surface area contributed by atoms with Crippen molar-refractivity contribution in [2.45, 2.75) is 0 Å². The zero-order valence-electron chi connectivity index (χ0n) is 10.1. The second-order valence-corrected chi connectivity index (χ2v) is 1.92. The van der Waals surface area contributed by atoms with E-state index >= 15 is 0 Å². The van der Waals surface area contributed by atoms with Gasteiger partial charge in [0, 0.05) is 47.0 Å². The minimum atomic E-state index is 0. The van der Waals surface area contributed by atoms with Crippen LogP contribution in [0.2, 0.25) is 0 Å². The van der Waals surface area contributed by atoms with Crippen LogP contribution in [-0.2, 0) is 53.0 Å². The van der Waals surface area contributed by atoms with Crippen molar-refractivity contribution in [3.05, 3.63) is 74.8 Å². The zero-order chi connectivity index (χ0) is 15.1. The van der Waals surface area contributed by atoms with E-state index in [2.05, 4.69) is 26.9 Å². The van der Waals surface area contributed by atoms with Gasteiger partial charge in [-0.1, -0.05) is 48.6 Å². The zero-order valence-corrected chi connectivity index (χ0v) is 12.3. The first-order valence-corrected chi connectivity index (χ1v) is 4.15.